The first-order valence-corrected chi connectivity index (χ1v) is 8.57. The molecule has 0 amide bonds. The lowest BCUT2D eigenvalue weighted by Gasteiger charge is -2.24. The molecular formula is C14H17ClN2O2S. The zero-order valence-corrected chi connectivity index (χ0v) is 12.8. The lowest BCUT2D eigenvalue weighted by Crippen LogP contribution is -2.34. The number of nitriles is 1. The van der Waals surface area contributed by atoms with Gasteiger partial charge >= 0.3 is 0 Å². The molecule has 1 saturated heterocycles. The second kappa shape index (κ2) is 6.57. The van der Waals surface area contributed by atoms with Crippen LogP contribution in [0.25, 0.3) is 0 Å². The average Bonchev–Trinajstić information content (AvgIpc) is 2.37. The zero-order chi connectivity index (χ0) is 14.6. The fraction of sp³-hybridized carbons (Fsp3) is 0.500. The van der Waals surface area contributed by atoms with Crippen molar-refractivity contribution in [1.29, 1.82) is 5.26 Å². The molecule has 1 heterocycles. The zero-order valence-electron chi connectivity index (χ0n) is 11.2. The monoisotopic (exact) mass is 312 g/mol. The molecule has 1 aliphatic heterocycles. The second-order valence-corrected chi connectivity index (χ2v) is 7.24. The Hall–Kier alpha value is -1.09. The maximum atomic E-state index is 12.6. The van der Waals surface area contributed by atoms with Crippen molar-refractivity contribution in [3.63, 3.8) is 0 Å². The molecule has 20 heavy (non-hydrogen) atoms. The molecule has 0 radical (unpaired) electrons. The van der Waals surface area contributed by atoms with Gasteiger partial charge in [0.2, 0.25) is 10.0 Å². The van der Waals surface area contributed by atoms with Crippen LogP contribution < -0.4 is 0 Å². The SMILES string of the molecule is N#Cc1ccc(S(=O)(=O)N2CCCCCCC2)c(Cl)c1. The van der Waals surface area contributed by atoms with Crippen molar-refractivity contribution in [1.82, 2.24) is 4.31 Å². The van der Waals surface area contributed by atoms with E-state index in [1.54, 1.807) is 0 Å². The van der Waals surface area contributed by atoms with E-state index in [9.17, 15) is 8.42 Å². The molecule has 0 unspecified atom stereocenters. The van der Waals surface area contributed by atoms with Crippen molar-refractivity contribution < 1.29 is 8.42 Å². The molecule has 0 saturated carbocycles. The number of benzene rings is 1. The van der Waals surface area contributed by atoms with Crippen LogP contribution in [-0.4, -0.2) is 25.8 Å². The van der Waals surface area contributed by atoms with Crippen LogP contribution in [0.15, 0.2) is 23.1 Å². The molecule has 6 heteroatoms. The summed E-state index contributed by atoms with van der Waals surface area (Å²) >= 11 is 6.03. The third-order valence-electron chi connectivity index (χ3n) is 3.49. The molecule has 1 fully saturated rings. The minimum Gasteiger partial charge on any atom is -0.207 e. The van der Waals surface area contributed by atoms with Gasteiger partial charge in [0.05, 0.1) is 16.7 Å². The van der Waals surface area contributed by atoms with E-state index in [1.165, 1.54) is 28.9 Å². The molecule has 2 rings (SSSR count). The molecule has 0 N–H and O–H groups in total. The van der Waals surface area contributed by atoms with Crippen LogP contribution in [-0.2, 0) is 10.0 Å². The summed E-state index contributed by atoms with van der Waals surface area (Å²) in [6.45, 7) is 1.08. The van der Waals surface area contributed by atoms with Crippen molar-refractivity contribution in [3.05, 3.63) is 28.8 Å². The van der Waals surface area contributed by atoms with Gasteiger partial charge in [-0.15, -0.1) is 0 Å². The van der Waals surface area contributed by atoms with Gasteiger partial charge in [-0.05, 0) is 31.0 Å². The standard InChI is InChI=1S/C14H17ClN2O2S/c15-13-10-12(11-16)6-7-14(13)20(18,19)17-8-4-2-1-3-5-9-17/h6-7,10H,1-5,8-9H2. The number of hydrogen-bond donors (Lipinski definition) is 0. The molecule has 0 aliphatic carbocycles. The molecule has 0 spiro atoms. The van der Waals surface area contributed by atoms with Crippen LogP contribution in [0.5, 0.6) is 0 Å². The minimum absolute atomic E-state index is 0.0961. The number of nitrogens with zero attached hydrogens (tertiary/aromatic N) is 2. The summed E-state index contributed by atoms with van der Waals surface area (Å²) in [5.74, 6) is 0. The fourth-order valence-electron chi connectivity index (χ4n) is 2.38. The van der Waals surface area contributed by atoms with Crippen molar-refractivity contribution in [2.24, 2.45) is 0 Å². The van der Waals surface area contributed by atoms with Gasteiger partial charge in [-0.25, -0.2) is 8.42 Å². The highest BCUT2D eigenvalue weighted by atomic mass is 35.5. The Morgan fingerprint density at radius 3 is 2.25 bits per heavy atom. The van der Waals surface area contributed by atoms with Crippen molar-refractivity contribution in [3.8, 4) is 6.07 Å². The van der Waals surface area contributed by atoms with Crippen molar-refractivity contribution in [2.45, 2.75) is 37.0 Å². The summed E-state index contributed by atoms with van der Waals surface area (Å²) in [4.78, 5) is 0.0961. The highest BCUT2D eigenvalue weighted by Gasteiger charge is 2.26. The van der Waals surface area contributed by atoms with E-state index in [1.807, 2.05) is 6.07 Å². The van der Waals surface area contributed by atoms with E-state index < -0.39 is 10.0 Å². The first-order valence-electron chi connectivity index (χ1n) is 6.75. The quantitative estimate of drug-likeness (QED) is 0.842. The summed E-state index contributed by atoms with van der Waals surface area (Å²) in [5.41, 5.74) is 0.363. The Morgan fingerprint density at radius 2 is 1.70 bits per heavy atom. The van der Waals surface area contributed by atoms with Gasteiger partial charge in [0.15, 0.2) is 0 Å². The summed E-state index contributed by atoms with van der Waals surface area (Å²) in [6.07, 6.45) is 5.06. The molecule has 4 nitrogen and oxygen atoms in total. The molecule has 1 aromatic carbocycles. The Morgan fingerprint density at radius 1 is 1.10 bits per heavy atom. The van der Waals surface area contributed by atoms with Crippen LogP contribution in [0.1, 0.15) is 37.7 Å². The van der Waals surface area contributed by atoms with Crippen LogP contribution in [0.2, 0.25) is 5.02 Å². The van der Waals surface area contributed by atoms with Crippen LogP contribution in [0.4, 0.5) is 0 Å². The van der Waals surface area contributed by atoms with E-state index >= 15 is 0 Å². The average molecular weight is 313 g/mol. The highest BCUT2D eigenvalue weighted by molar-refractivity contribution is 7.89. The predicted octanol–water partition coefficient (Wildman–Crippen LogP) is 3.17. The molecule has 1 aromatic rings. The summed E-state index contributed by atoms with van der Waals surface area (Å²) in [6, 6.07) is 6.27. The largest absolute Gasteiger partial charge is 0.244 e. The molecule has 0 atom stereocenters. The molecule has 1 aliphatic rings. The first kappa shape index (κ1) is 15.3. The van der Waals surface area contributed by atoms with Gasteiger partial charge in [0.25, 0.3) is 0 Å². The summed E-state index contributed by atoms with van der Waals surface area (Å²) < 4.78 is 26.8. The lowest BCUT2D eigenvalue weighted by atomic mass is 10.1. The van der Waals surface area contributed by atoms with E-state index in [-0.39, 0.29) is 9.92 Å². The first-order chi connectivity index (χ1) is 9.55. The number of rotatable bonds is 2. The van der Waals surface area contributed by atoms with Gasteiger partial charge in [-0.2, -0.15) is 9.57 Å². The normalized spacial score (nSPS) is 18.0. The van der Waals surface area contributed by atoms with Gasteiger partial charge in [-0.3, -0.25) is 0 Å². The van der Waals surface area contributed by atoms with Crippen LogP contribution in [0.3, 0.4) is 0 Å². The maximum Gasteiger partial charge on any atom is 0.244 e. The number of halogens is 1. The third-order valence-corrected chi connectivity index (χ3v) is 5.88. The molecule has 0 bridgehead atoms. The van der Waals surface area contributed by atoms with Crippen molar-refractivity contribution >= 4 is 21.6 Å². The minimum atomic E-state index is -3.57. The summed E-state index contributed by atoms with van der Waals surface area (Å²) in [5, 5.41) is 8.92. The number of sulfonamides is 1. The van der Waals surface area contributed by atoms with E-state index in [2.05, 4.69) is 0 Å². The Balaban J connectivity index is 2.31. The molecular weight excluding hydrogens is 296 g/mol. The van der Waals surface area contributed by atoms with Gasteiger partial charge in [0, 0.05) is 13.1 Å². The number of hydrogen-bond acceptors (Lipinski definition) is 3. The third kappa shape index (κ3) is 3.32. The van der Waals surface area contributed by atoms with E-state index in [4.69, 9.17) is 16.9 Å². The van der Waals surface area contributed by atoms with Gasteiger partial charge in [0.1, 0.15) is 4.90 Å². The maximum absolute atomic E-state index is 12.6. The highest BCUT2D eigenvalue weighted by Crippen LogP contribution is 2.27. The fourth-order valence-corrected chi connectivity index (χ4v) is 4.41. The summed E-state index contributed by atoms with van der Waals surface area (Å²) in [7, 11) is -3.57. The Labute approximate surface area is 125 Å². The topological polar surface area (TPSA) is 61.2 Å². The van der Waals surface area contributed by atoms with Gasteiger partial charge < -0.3 is 0 Å². The molecule has 0 aromatic heterocycles. The van der Waals surface area contributed by atoms with E-state index in [0.717, 1.165) is 25.7 Å². The van der Waals surface area contributed by atoms with Crippen LogP contribution >= 0.6 is 11.6 Å². The van der Waals surface area contributed by atoms with Crippen molar-refractivity contribution in [2.75, 3.05) is 13.1 Å². The lowest BCUT2D eigenvalue weighted by molar-refractivity contribution is 0.364. The smallest absolute Gasteiger partial charge is 0.207 e. The second-order valence-electron chi connectivity index (χ2n) is 4.93. The molecule has 108 valence electrons. The predicted molar refractivity (Wildman–Crippen MR) is 78.0 cm³/mol. The van der Waals surface area contributed by atoms with E-state index in [0.29, 0.717) is 18.7 Å². The van der Waals surface area contributed by atoms with Gasteiger partial charge in [-0.1, -0.05) is 30.9 Å². The Bertz CT molecular complexity index is 615. The Kier molecular flexibility index (Phi) is 5.03. The van der Waals surface area contributed by atoms with Crippen LogP contribution in [0, 0.1) is 11.3 Å².